The molecule has 4 aliphatic rings. The van der Waals surface area contributed by atoms with Crippen molar-refractivity contribution < 1.29 is 33.0 Å². The number of hydrogen-bond acceptors (Lipinski definition) is 7. The number of benzene rings is 1. The Bertz CT molecular complexity index is 1350. The van der Waals surface area contributed by atoms with Gasteiger partial charge in [-0.25, -0.2) is 18.6 Å². The summed E-state index contributed by atoms with van der Waals surface area (Å²) < 4.78 is 28.6. The number of aliphatic imine (C=N–C) groups is 1. The van der Waals surface area contributed by atoms with Gasteiger partial charge in [0.15, 0.2) is 5.66 Å². The van der Waals surface area contributed by atoms with Gasteiger partial charge in [0.1, 0.15) is 22.2 Å². The lowest BCUT2D eigenvalue weighted by Gasteiger charge is -2.51. The normalized spacial score (nSPS) is 23.5. The van der Waals surface area contributed by atoms with Crippen LogP contribution in [0.5, 0.6) is 0 Å². The molecule has 188 valence electrons. The number of hydrazine groups is 1. The van der Waals surface area contributed by atoms with Gasteiger partial charge in [0, 0.05) is 45.5 Å². The van der Waals surface area contributed by atoms with Crippen LogP contribution in [0.25, 0.3) is 0 Å². The summed E-state index contributed by atoms with van der Waals surface area (Å²) in [5.74, 6) is -3.32. The van der Waals surface area contributed by atoms with E-state index in [1.807, 2.05) is 0 Å². The van der Waals surface area contributed by atoms with E-state index in [0.717, 1.165) is 23.9 Å². The zero-order chi connectivity index (χ0) is 25.9. The number of halogens is 2. The van der Waals surface area contributed by atoms with E-state index in [1.165, 1.54) is 26.8 Å². The second-order valence-electron chi connectivity index (χ2n) is 8.93. The predicted octanol–water partition coefficient (Wildman–Crippen LogP) is 1.49. The van der Waals surface area contributed by atoms with Crippen molar-refractivity contribution in [2.45, 2.75) is 24.9 Å². The van der Waals surface area contributed by atoms with Gasteiger partial charge in [0.25, 0.3) is 0 Å². The number of likely N-dealkylation sites (tertiary alicyclic amines) is 1. The van der Waals surface area contributed by atoms with Crippen molar-refractivity contribution in [2.24, 2.45) is 10.7 Å². The Morgan fingerprint density at radius 3 is 2.53 bits per heavy atom. The largest absolute Gasteiger partial charge is 0.499 e. The van der Waals surface area contributed by atoms with Gasteiger partial charge in [-0.05, 0) is 11.6 Å². The van der Waals surface area contributed by atoms with E-state index in [1.54, 1.807) is 19.1 Å². The van der Waals surface area contributed by atoms with E-state index in [9.17, 15) is 28.3 Å². The molecular weight excluding hydrogens is 494 g/mol. The topological polar surface area (TPSA) is 123 Å². The molecule has 0 aromatic heterocycles. The van der Waals surface area contributed by atoms with Crippen LogP contribution in [-0.2, 0) is 16.0 Å². The Morgan fingerprint density at radius 2 is 1.92 bits per heavy atom. The number of thioether (sulfide) groups is 1. The summed E-state index contributed by atoms with van der Waals surface area (Å²) in [5.41, 5.74) is 4.80. The van der Waals surface area contributed by atoms with E-state index in [4.69, 9.17) is 5.73 Å². The summed E-state index contributed by atoms with van der Waals surface area (Å²) in [6, 6.07) is 2.76. The quantitative estimate of drug-likeness (QED) is 0.453. The number of likely N-dealkylation sites (N-methyl/N-ethyl adjacent to an activating group) is 1. The van der Waals surface area contributed by atoms with Gasteiger partial charge < -0.3 is 20.6 Å². The van der Waals surface area contributed by atoms with Crippen LogP contribution < -0.4 is 5.73 Å². The number of piperidine rings is 1. The first kappa shape index (κ1) is 24.0. The lowest BCUT2D eigenvalue weighted by Crippen LogP contribution is -2.71. The first-order chi connectivity index (χ1) is 17.0. The lowest BCUT2D eigenvalue weighted by atomic mass is 9.92. The van der Waals surface area contributed by atoms with E-state index >= 15 is 0 Å². The minimum absolute atomic E-state index is 0.0958. The van der Waals surface area contributed by atoms with Gasteiger partial charge >= 0.3 is 17.6 Å². The van der Waals surface area contributed by atoms with E-state index in [-0.39, 0.29) is 23.3 Å². The van der Waals surface area contributed by atoms with Crippen LogP contribution in [0.2, 0.25) is 0 Å². The third-order valence-electron chi connectivity index (χ3n) is 7.13. The highest BCUT2D eigenvalue weighted by Gasteiger charge is 2.58. The number of nitrogens with zero attached hydrogens (tertiary/aromatic N) is 5. The average Bonchev–Trinajstić information content (AvgIpc) is 2.82. The summed E-state index contributed by atoms with van der Waals surface area (Å²) in [4.78, 5) is 45.1. The Balaban J connectivity index is 1.47. The van der Waals surface area contributed by atoms with Gasteiger partial charge in [-0.2, -0.15) is 5.01 Å². The minimum Gasteiger partial charge on any atom is -0.499 e. The van der Waals surface area contributed by atoms with E-state index in [0.29, 0.717) is 36.0 Å². The molecule has 0 radical (unpaired) electrons. The van der Waals surface area contributed by atoms with Crippen LogP contribution in [0.15, 0.2) is 45.2 Å². The number of aliphatic hydroxyl groups excluding tert-OH is 1. The number of nitrogens with two attached hydrogens (primary N) is 1. The number of carbonyl (C=O) groups is 3. The van der Waals surface area contributed by atoms with Crippen LogP contribution in [0.4, 0.5) is 13.6 Å². The second kappa shape index (κ2) is 8.43. The maximum Gasteiger partial charge on any atom is 0.345 e. The third-order valence-corrected chi connectivity index (χ3v) is 8.10. The Morgan fingerprint density at radius 1 is 1.25 bits per heavy atom. The summed E-state index contributed by atoms with van der Waals surface area (Å²) in [6.07, 6.45) is 2.41. The molecule has 5 rings (SSSR count). The number of hydrogen-bond donors (Lipinski definition) is 2. The summed E-state index contributed by atoms with van der Waals surface area (Å²) in [6.45, 7) is 0.680. The maximum atomic E-state index is 14.0. The average molecular weight is 518 g/mol. The highest BCUT2D eigenvalue weighted by molar-refractivity contribution is 8.18. The number of rotatable bonds is 2. The minimum atomic E-state index is -0.805. The second-order valence-corrected chi connectivity index (χ2v) is 10.00. The standard InChI is InChI=1S/C23H22F2N6O4S/c1-28-21(34)17-19(33)18(32)14(20-27-16(36-20)9-12-3-4-13(24)10-15(12)25)11-31(17)29(2)23(28)5-7-30(8-6-23)22(26)35/h3-4,10-11H,5-9H2,1-2H3,(H2-,26,33,34,35)/p+1. The number of allylic oxidation sites excluding steroid dienone is 1. The van der Waals surface area contributed by atoms with Crippen molar-refractivity contribution in [1.82, 2.24) is 14.8 Å². The van der Waals surface area contributed by atoms with Gasteiger partial charge in [-0.1, -0.05) is 22.5 Å². The number of carbonyl (C=O) groups excluding carboxylic acids is 3. The Kier molecular flexibility index (Phi) is 5.62. The van der Waals surface area contributed by atoms with Crippen molar-refractivity contribution in [3.8, 4) is 0 Å². The van der Waals surface area contributed by atoms with Gasteiger partial charge in [0.05, 0.1) is 12.1 Å². The van der Waals surface area contributed by atoms with Crippen LogP contribution in [-0.4, -0.2) is 86.4 Å². The Hall–Kier alpha value is -3.74. The van der Waals surface area contributed by atoms with Crippen molar-refractivity contribution in [3.05, 3.63) is 57.5 Å². The molecule has 4 heterocycles. The molecule has 1 aromatic carbocycles. The number of hydrazone groups is 1. The van der Waals surface area contributed by atoms with E-state index in [2.05, 4.69) is 4.99 Å². The molecule has 0 atom stereocenters. The molecule has 2 saturated heterocycles. The number of urea groups is 1. The molecule has 1 aromatic rings. The van der Waals surface area contributed by atoms with Crippen LogP contribution in [0, 0.1) is 11.6 Å². The molecule has 1 spiro atoms. The number of amides is 3. The number of primary amides is 1. The van der Waals surface area contributed by atoms with Gasteiger partial charge in [-0.3, -0.25) is 9.59 Å². The summed E-state index contributed by atoms with van der Waals surface area (Å²) in [7, 11) is 3.34. The molecule has 13 heteroatoms. The first-order valence-corrected chi connectivity index (χ1v) is 12.0. The monoisotopic (exact) mass is 517 g/mol. The fraction of sp³-hybridized carbons (Fsp3) is 0.348. The van der Waals surface area contributed by atoms with E-state index < -0.39 is 40.8 Å². The fourth-order valence-corrected chi connectivity index (χ4v) is 5.80. The van der Waals surface area contributed by atoms with Gasteiger partial charge in [-0.15, -0.1) is 0 Å². The number of fused-ring (bicyclic) bond motifs is 1. The van der Waals surface area contributed by atoms with Crippen LogP contribution >= 0.6 is 11.8 Å². The molecule has 0 saturated carbocycles. The predicted molar refractivity (Wildman–Crippen MR) is 127 cm³/mol. The summed E-state index contributed by atoms with van der Waals surface area (Å²) >= 11 is 1.15. The molecule has 10 nitrogen and oxygen atoms in total. The molecule has 0 aliphatic carbocycles. The van der Waals surface area contributed by atoms with Crippen LogP contribution in [0.3, 0.4) is 0 Å². The molecule has 4 aliphatic heterocycles. The van der Waals surface area contributed by atoms with Crippen molar-refractivity contribution in [2.75, 3.05) is 27.2 Å². The third kappa shape index (κ3) is 3.56. The number of aliphatic hydroxyl groups is 1. The Labute approximate surface area is 209 Å². The molecule has 2 fully saturated rings. The first-order valence-electron chi connectivity index (χ1n) is 11.2. The molecule has 0 unspecified atom stereocenters. The molecule has 36 heavy (non-hydrogen) atoms. The highest BCUT2D eigenvalue weighted by Crippen LogP contribution is 2.40. The molecular formula is C23H23F2N6O4S+. The number of ketones is 1. The SMILES string of the molecule is CN1C(=O)C2=C(O)C(=O)C(=C3N=C(Cc4ccc(F)cc4F)S3)C=[N+]2N(C)C12CCN(C(N)=O)CC2. The molecule has 3 N–H and O–H groups in total. The molecule has 0 bridgehead atoms. The zero-order valence-corrected chi connectivity index (χ0v) is 20.3. The zero-order valence-electron chi connectivity index (χ0n) is 19.5. The van der Waals surface area contributed by atoms with Crippen molar-refractivity contribution in [3.63, 3.8) is 0 Å². The maximum absolute atomic E-state index is 14.0. The van der Waals surface area contributed by atoms with Crippen LogP contribution in [0.1, 0.15) is 18.4 Å². The summed E-state index contributed by atoms with van der Waals surface area (Å²) in [5, 5.41) is 13.3. The lowest BCUT2D eigenvalue weighted by molar-refractivity contribution is -0.674. The van der Waals surface area contributed by atoms with Gasteiger partial charge in [0.2, 0.25) is 17.8 Å². The smallest absolute Gasteiger partial charge is 0.345 e. The highest BCUT2D eigenvalue weighted by atomic mass is 32.2. The van der Waals surface area contributed by atoms with Crippen molar-refractivity contribution in [1.29, 1.82) is 0 Å². The molecule has 3 amide bonds. The number of Topliss-reactive ketones (excluding diaryl/α,β-unsaturated/α-hetero) is 1. The fourth-order valence-electron chi connectivity index (χ4n) is 4.94. The van der Waals surface area contributed by atoms with Crippen molar-refractivity contribution >= 4 is 40.7 Å².